The number of Topliss-reactive ketones (excluding diaryl/α,β-unsaturated/α-hetero) is 1. The molecule has 1 aromatic rings. The molecule has 2 atom stereocenters. The Morgan fingerprint density at radius 3 is 2.41 bits per heavy atom. The van der Waals surface area contributed by atoms with Gasteiger partial charge < -0.3 is 9.47 Å². The van der Waals surface area contributed by atoms with Gasteiger partial charge in [-0.25, -0.2) is 4.79 Å². The topological polar surface area (TPSA) is 65.0 Å². The number of rotatable bonds is 5. The molecule has 0 N–H and O–H groups in total. The van der Waals surface area contributed by atoms with Crippen LogP contribution in [0.25, 0.3) is 0 Å². The minimum absolute atomic E-state index is 0.119. The van der Waals surface area contributed by atoms with Gasteiger partial charge in [-0.05, 0) is 57.2 Å². The van der Waals surface area contributed by atoms with Crippen molar-refractivity contribution in [1.29, 1.82) is 0 Å². The van der Waals surface area contributed by atoms with Gasteiger partial charge >= 0.3 is 5.97 Å². The van der Waals surface area contributed by atoms with Crippen molar-refractivity contribution in [3.8, 4) is 5.75 Å². The van der Waals surface area contributed by atoms with Crippen LogP contribution in [-0.2, 0) is 14.3 Å². The minimum atomic E-state index is -0.417. The third kappa shape index (κ3) is 4.44. The molecule has 29 heavy (non-hydrogen) atoms. The summed E-state index contributed by atoms with van der Waals surface area (Å²) in [6.07, 6.45) is 0.992. The van der Waals surface area contributed by atoms with Gasteiger partial charge in [0, 0.05) is 23.7 Å². The van der Waals surface area contributed by atoms with E-state index in [9.17, 15) is 9.59 Å². The molecular weight excluding hydrogens is 366 g/mol. The molecule has 1 saturated carbocycles. The van der Waals surface area contributed by atoms with Crippen molar-refractivity contribution in [1.82, 2.24) is 0 Å². The summed E-state index contributed by atoms with van der Waals surface area (Å²) >= 11 is 0. The first kappa shape index (κ1) is 21.3. The van der Waals surface area contributed by atoms with Crippen molar-refractivity contribution in [2.45, 2.75) is 66.4 Å². The van der Waals surface area contributed by atoms with Gasteiger partial charge in [-0.1, -0.05) is 26.0 Å². The molecule has 5 nitrogen and oxygen atoms in total. The number of aliphatic imine (C=N–C) groups is 1. The molecule has 1 aromatic carbocycles. The zero-order chi connectivity index (χ0) is 21.3. The number of carbonyl (C=O) groups is 2. The second-order valence-electron chi connectivity index (χ2n) is 9.00. The molecule has 1 heterocycles. The van der Waals surface area contributed by atoms with E-state index in [1.807, 2.05) is 52.0 Å². The van der Waals surface area contributed by atoms with E-state index < -0.39 is 11.9 Å². The predicted molar refractivity (Wildman–Crippen MR) is 113 cm³/mol. The Morgan fingerprint density at radius 1 is 1.17 bits per heavy atom. The molecule has 0 aromatic heterocycles. The molecule has 156 valence electrons. The van der Waals surface area contributed by atoms with Crippen molar-refractivity contribution in [2.75, 3.05) is 6.61 Å². The monoisotopic (exact) mass is 397 g/mol. The van der Waals surface area contributed by atoms with Gasteiger partial charge in [0.1, 0.15) is 11.5 Å². The van der Waals surface area contributed by atoms with E-state index in [4.69, 9.17) is 14.5 Å². The Morgan fingerprint density at radius 2 is 1.83 bits per heavy atom. The van der Waals surface area contributed by atoms with Crippen LogP contribution in [0.5, 0.6) is 5.75 Å². The summed E-state index contributed by atoms with van der Waals surface area (Å²) in [7, 11) is 0. The number of ether oxygens (including phenoxy) is 2. The molecule has 2 aliphatic rings. The summed E-state index contributed by atoms with van der Waals surface area (Å²) in [5, 5.41) is 0. The summed E-state index contributed by atoms with van der Waals surface area (Å²) in [6.45, 7) is 12.2. The molecule has 5 heteroatoms. The van der Waals surface area contributed by atoms with Crippen LogP contribution in [0.3, 0.4) is 0 Å². The Bertz CT molecular complexity index is 861. The van der Waals surface area contributed by atoms with Crippen LogP contribution in [0, 0.1) is 11.3 Å². The fourth-order valence-corrected chi connectivity index (χ4v) is 4.43. The van der Waals surface area contributed by atoms with Crippen LogP contribution < -0.4 is 4.74 Å². The van der Waals surface area contributed by atoms with Gasteiger partial charge in [0.15, 0.2) is 0 Å². The molecule has 1 aliphatic carbocycles. The third-order valence-corrected chi connectivity index (χ3v) is 5.48. The predicted octanol–water partition coefficient (Wildman–Crippen LogP) is 4.85. The van der Waals surface area contributed by atoms with Crippen molar-refractivity contribution in [2.24, 2.45) is 16.3 Å². The number of nitrogens with zero attached hydrogens (tertiary/aromatic N) is 1. The highest BCUT2D eigenvalue weighted by molar-refractivity contribution is 6.12. The second-order valence-corrected chi connectivity index (χ2v) is 9.00. The van der Waals surface area contributed by atoms with E-state index >= 15 is 0 Å². The largest absolute Gasteiger partial charge is 0.494 e. The van der Waals surface area contributed by atoms with Crippen molar-refractivity contribution in [3.05, 3.63) is 41.1 Å². The van der Waals surface area contributed by atoms with Gasteiger partial charge in [0.25, 0.3) is 0 Å². The highest BCUT2D eigenvalue weighted by Crippen LogP contribution is 2.47. The zero-order valence-electron chi connectivity index (χ0n) is 18.2. The normalized spacial score (nSPS) is 23.6. The lowest BCUT2D eigenvalue weighted by Crippen LogP contribution is -2.44. The maximum atomic E-state index is 13.2. The summed E-state index contributed by atoms with van der Waals surface area (Å²) in [6, 6.07) is 7.67. The van der Waals surface area contributed by atoms with Gasteiger partial charge in [-0.3, -0.25) is 9.79 Å². The Hall–Kier alpha value is -2.43. The second kappa shape index (κ2) is 8.13. The fourth-order valence-electron chi connectivity index (χ4n) is 4.43. The van der Waals surface area contributed by atoms with E-state index in [0.29, 0.717) is 24.3 Å². The third-order valence-electron chi connectivity index (χ3n) is 5.48. The molecule has 0 saturated heterocycles. The van der Waals surface area contributed by atoms with Crippen LogP contribution >= 0.6 is 0 Å². The number of fused-ring (bicyclic) bond motifs is 1. The fraction of sp³-hybridized carbons (Fsp3) is 0.542. The van der Waals surface area contributed by atoms with E-state index in [0.717, 1.165) is 23.4 Å². The average Bonchev–Trinajstić information content (AvgIpc) is 2.59. The molecule has 0 amide bonds. The lowest BCUT2D eigenvalue weighted by molar-refractivity contribution is -0.143. The maximum absolute atomic E-state index is 13.2. The summed E-state index contributed by atoms with van der Waals surface area (Å²) in [4.78, 5) is 30.9. The first-order chi connectivity index (χ1) is 13.6. The number of hydrogen-bond acceptors (Lipinski definition) is 5. The van der Waals surface area contributed by atoms with Crippen LogP contribution in [0.15, 0.2) is 40.5 Å². The number of allylic oxidation sites excluding steroid dienone is 1. The van der Waals surface area contributed by atoms with E-state index in [-0.39, 0.29) is 23.2 Å². The average molecular weight is 398 g/mol. The first-order valence-corrected chi connectivity index (χ1v) is 10.4. The van der Waals surface area contributed by atoms with Crippen LogP contribution in [0.1, 0.15) is 65.9 Å². The van der Waals surface area contributed by atoms with E-state index in [1.165, 1.54) is 0 Å². The van der Waals surface area contributed by atoms with Crippen molar-refractivity contribution in [3.63, 3.8) is 0 Å². The molecule has 0 bridgehead atoms. The van der Waals surface area contributed by atoms with Gasteiger partial charge in [-0.15, -0.1) is 0 Å². The van der Waals surface area contributed by atoms with E-state index in [1.54, 1.807) is 0 Å². The van der Waals surface area contributed by atoms with Crippen molar-refractivity contribution < 1.29 is 19.1 Å². The Balaban J connectivity index is 2.10. The van der Waals surface area contributed by atoms with Gasteiger partial charge in [0.05, 0.1) is 24.2 Å². The van der Waals surface area contributed by atoms with Crippen LogP contribution in [0.2, 0.25) is 0 Å². The number of carbonyl (C=O) groups excluding carboxylic acids is 2. The SMILES string of the molecule is CCOc1ccc([C@H]2C(C(=O)OC(C)C)=C(C)N=C3CC(C)(C)CC(=O)C32)cc1. The molecule has 3 rings (SSSR count). The maximum Gasteiger partial charge on any atom is 0.336 e. The van der Waals surface area contributed by atoms with Crippen LogP contribution in [-0.4, -0.2) is 30.2 Å². The lowest BCUT2D eigenvalue weighted by atomic mass is 9.63. The molecule has 1 aliphatic heterocycles. The quantitative estimate of drug-likeness (QED) is 0.666. The smallest absolute Gasteiger partial charge is 0.336 e. The molecular formula is C24H31NO4. The summed E-state index contributed by atoms with van der Waals surface area (Å²) in [5.74, 6) is -0.283. The number of ketones is 1. The molecule has 0 spiro atoms. The van der Waals surface area contributed by atoms with Gasteiger partial charge in [-0.2, -0.15) is 0 Å². The number of esters is 1. The Labute approximate surface area is 173 Å². The standard InChI is InChI=1S/C24H31NO4/c1-7-28-17-10-8-16(9-11-17)21-20(23(27)29-14(2)3)15(4)25-18-12-24(5,6)13-19(26)22(18)21/h8-11,14,21-22H,7,12-13H2,1-6H3/t21-,22?/m0/s1. The van der Waals surface area contributed by atoms with Gasteiger partial charge in [0.2, 0.25) is 0 Å². The number of hydrogen-bond donors (Lipinski definition) is 0. The van der Waals surface area contributed by atoms with Crippen LogP contribution in [0.4, 0.5) is 0 Å². The minimum Gasteiger partial charge on any atom is -0.494 e. The zero-order valence-corrected chi connectivity index (χ0v) is 18.2. The Kier molecular flexibility index (Phi) is 5.97. The molecule has 1 fully saturated rings. The lowest BCUT2D eigenvalue weighted by Gasteiger charge is -2.41. The summed E-state index contributed by atoms with van der Waals surface area (Å²) < 4.78 is 11.1. The van der Waals surface area contributed by atoms with E-state index in [2.05, 4.69) is 13.8 Å². The first-order valence-electron chi connectivity index (χ1n) is 10.4. The molecule has 1 unspecified atom stereocenters. The van der Waals surface area contributed by atoms with Crippen molar-refractivity contribution >= 4 is 17.5 Å². The summed E-state index contributed by atoms with van der Waals surface area (Å²) in [5.41, 5.74) is 2.81. The highest BCUT2D eigenvalue weighted by Gasteiger charge is 2.47. The number of benzene rings is 1. The molecule has 0 radical (unpaired) electrons. The highest BCUT2D eigenvalue weighted by atomic mass is 16.5.